The molecule has 0 spiro atoms. The first-order valence-electron chi connectivity index (χ1n) is 4.99. The predicted molar refractivity (Wildman–Crippen MR) is 68.2 cm³/mol. The van der Waals surface area contributed by atoms with Crippen LogP contribution < -0.4 is 4.90 Å². The molecular formula is C11H14N4S. The van der Waals surface area contributed by atoms with Crippen molar-refractivity contribution in [3.8, 4) is 11.4 Å². The van der Waals surface area contributed by atoms with Crippen molar-refractivity contribution in [1.29, 1.82) is 0 Å². The van der Waals surface area contributed by atoms with E-state index in [1.54, 1.807) is 4.68 Å². The molecule has 0 bridgehead atoms. The largest absolute Gasteiger partial charge is 0.378 e. The molecule has 0 atom stereocenters. The SMILES string of the molecule is CN(C)c1ccc(-c2nc(=S)n(C)[nH]2)cc1. The minimum absolute atomic E-state index is 0.562. The van der Waals surface area contributed by atoms with Crippen LogP contribution >= 0.6 is 12.2 Å². The summed E-state index contributed by atoms with van der Waals surface area (Å²) < 4.78 is 2.29. The Kier molecular flexibility index (Phi) is 2.78. The lowest BCUT2D eigenvalue weighted by Gasteiger charge is -2.11. The smallest absolute Gasteiger partial charge is 0.216 e. The van der Waals surface area contributed by atoms with E-state index in [2.05, 4.69) is 27.1 Å². The molecule has 0 aliphatic carbocycles. The molecule has 2 aromatic rings. The molecule has 0 saturated carbocycles. The van der Waals surface area contributed by atoms with Gasteiger partial charge in [0.2, 0.25) is 4.77 Å². The van der Waals surface area contributed by atoms with Gasteiger partial charge in [-0.15, -0.1) is 0 Å². The molecule has 0 fully saturated rings. The molecule has 2 rings (SSSR count). The van der Waals surface area contributed by atoms with E-state index in [1.807, 2.05) is 33.3 Å². The van der Waals surface area contributed by atoms with Crippen molar-refractivity contribution in [3.05, 3.63) is 29.0 Å². The van der Waals surface area contributed by atoms with E-state index < -0.39 is 0 Å². The molecule has 16 heavy (non-hydrogen) atoms. The number of aryl methyl sites for hydroxylation is 1. The fraction of sp³-hybridized carbons (Fsp3) is 0.273. The maximum absolute atomic E-state index is 5.05. The number of aromatic amines is 1. The third kappa shape index (κ3) is 1.99. The van der Waals surface area contributed by atoms with Gasteiger partial charge in [0.1, 0.15) is 0 Å². The molecule has 1 aromatic heterocycles. The molecule has 5 heteroatoms. The quantitative estimate of drug-likeness (QED) is 0.809. The van der Waals surface area contributed by atoms with Crippen LogP contribution in [0, 0.1) is 4.77 Å². The summed E-state index contributed by atoms with van der Waals surface area (Å²) in [6, 6.07) is 8.17. The third-order valence-electron chi connectivity index (χ3n) is 2.43. The number of nitrogens with one attached hydrogen (secondary N) is 1. The lowest BCUT2D eigenvalue weighted by atomic mass is 10.2. The van der Waals surface area contributed by atoms with Crippen molar-refractivity contribution in [3.63, 3.8) is 0 Å². The van der Waals surface area contributed by atoms with E-state index in [1.165, 1.54) is 5.69 Å². The first-order valence-corrected chi connectivity index (χ1v) is 5.39. The van der Waals surface area contributed by atoms with E-state index >= 15 is 0 Å². The Hall–Kier alpha value is -1.62. The fourth-order valence-corrected chi connectivity index (χ4v) is 1.59. The van der Waals surface area contributed by atoms with E-state index in [0.29, 0.717) is 4.77 Å². The van der Waals surface area contributed by atoms with Crippen LogP contribution in [-0.2, 0) is 7.05 Å². The number of hydrogen-bond acceptors (Lipinski definition) is 3. The van der Waals surface area contributed by atoms with Crippen LogP contribution in [0.1, 0.15) is 0 Å². The molecule has 84 valence electrons. The highest BCUT2D eigenvalue weighted by molar-refractivity contribution is 7.71. The average molecular weight is 234 g/mol. The molecule has 1 aromatic carbocycles. The van der Waals surface area contributed by atoms with Crippen LogP contribution in [-0.4, -0.2) is 28.9 Å². The number of nitrogens with zero attached hydrogens (tertiary/aromatic N) is 3. The highest BCUT2D eigenvalue weighted by Crippen LogP contribution is 2.19. The first kappa shape index (κ1) is 10.9. The van der Waals surface area contributed by atoms with Gasteiger partial charge in [-0.2, -0.15) is 4.98 Å². The van der Waals surface area contributed by atoms with E-state index in [-0.39, 0.29) is 0 Å². The molecule has 1 heterocycles. The van der Waals surface area contributed by atoms with E-state index in [4.69, 9.17) is 12.2 Å². The third-order valence-corrected chi connectivity index (χ3v) is 2.79. The van der Waals surface area contributed by atoms with Crippen LogP contribution in [0.5, 0.6) is 0 Å². The minimum atomic E-state index is 0.562. The molecule has 0 aliphatic rings. The van der Waals surface area contributed by atoms with Gasteiger partial charge >= 0.3 is 0 Å². The monoisotopic (exact) mass is 234 g/mol. The van der Waals surface area contributed by atoms with Crippen LogP contribution in [0.15, 0.2) is 24.3 Å². The fourth-order valence-electron chi connectivity index (χ4n) is 1.45. The van der Waals surface area contributed by atoms with Crippen molar-refractivity contribution in [2.75, 3.05) is 19.0 Å². The van der Waals surface area contributed by atoms with Gasteiger partial charge in [-0.1, -0.05) is 0 Å². The molecule has 0 radical (unpaired) electrons. The van der Waals surface area contributed by atoms with E-state index in [0.717, 1.165) is 11.4 Å². The zero-order valence-corrected chi connectivity index (χ0v) is 10.4. The zero-order valence-electron chi connectivity index (χ0n) is 9.56. The second-order valence-electron chi connectivity index (χ2n) is 3.86. The van der Waals surface area contributed by atoms with Gasteiger partial charge in [0, 0.05) is 32.4 Å². The van der Waals surface area contributed by atoms with Crippen molar-refractivity contribution < 1.29 is 0 Å². The summed E-state index contributed by atoms with van der Waals surface area (Å²) in [6.07, 6.45) is 0. The standard InChI is InChI=1S/C11H14N4S/c1-14(2)9-6-4-8(5-7-9)10-12-11(16)15(3)13-10/h4-7H,1-3H3,(H,12,13,16). The Morgan fingerprint density at radius 3 is 2.31 bits per heavy atom. The zero-order chi connectivity index (χ0) is 11.7. The minimum Gasteiger partial charge on any atom is -0.378 e. The van der Waals surface area contributed by atoms with Crippen LogP contribution in [0.3, 0.4) is 0 Å². The summed E-state index contributed by atoms with van der Waals surface area (Å²) in [5.41, 5.74) is 2.20. The van der Waals surface area contributed by atoms with Crippen molar-refractivity contribution >= 4 is 17.9 Å². The second kappa shape index (κ2) is 4.09. The summed E-state index contributed by atoms with van der Waals surface area (Å²) in [4.78, 5) is 6.32. The number of anilines is 1. The lowest BCUT2D eigenvalue weighted by Crippen LogP contribution is -2.07. The van der Waals surface area contributed by atoms with Crippen LogP contribution in [0.2, 0.25) is 0 Å². The topological polar surface area (TPSA) is 36.9 Å². The van der Waals surface area contributed by atoms with Crippen molar-refractivity contribution in [1.82, 2.24) is 14.8 Å². The maximum Gasteiger partial charge on any atom is 0.216 e. The van der Waals surface area contributed by atoms with Gasteiger partial charge in [0.25, 0.3) is 0 Å². The Balaban J connectivity index is 2.38. The van der Waals surface area contributed by atoms with Crippen LogP contribution in [0.4, 0.5) is 5.69 Å². The number of aromatic nitrogens is 3. The highest BCUT2D eigenvalue weighted by Gasteiger charge is 2.03. The van der Waals surface area contributed by atoms with E-state index in [9.17, 15) is 0 Å². The maximum atomic E-state index is 5.05. The molecule has 0 aliphatic heterocycles. The molecule has 0 unspecified atom stereocenters. The van der Waals surface area contributed by atoms with Gasteiger partial charge in [0.15, 0.2) is 5.82 Å². The van der Waals surface area contributed by atoms with Crippen molar-refractivity contribution in [2.45, 2.75) is 0 Å². The molecule has 0 saturated heterocycles. The summed E-state index contributed by atoms with van der Waals surface area (Å²) in [5, 5.41) is 3.10. The normalized spacial score (nSPS) is 10.4. The molecule has 4 nitrogen and oxygen atoms in total. The van der Waals surface area contributed by atoms with Gasteiger partial charge in [-0.3, -0.25) is 9.78 Å². The van der Waals surface area contributed by atoms with Crippen LogP contribution in [0.25, 0.3) is 11.4 Å². The average Bonchev–Trinajstić information content (AvgIpc) is 2.59. The lowest BCUT2D eigenvalue weighted by molar-refractivity contribution is 0.756. The summed E-state index contributed by atoms with van der Waals surface area (Å²) in [6.45, 7) is 0. The van der Waals surface area contributed by atoms with Gasteiger partial charge in [-0.05, 0) is 36.5 Å². The number of H-pyrrole nitrogens is 1. The first-order chi connectivity index (χ1) is 7.58. The second-order valence-corrected chi connectivity index (χ2v) is 4.22. The van der Waals surface area contributed by atoms with Crippen molar-refractivity contribution in [2.24, 2.45) is 7.05 Å². The summed E-state index contributed by atoms with van der Waals surface area (Å²) in [7, 11) is 5.89. The number of hydrogen-bond donors (Lipinski definition) is 1. The summed E-state index contributed by atoms with van der Waals surface area (Å²) in [5.74, 6) is 0.804. The van der Waals surface area contributed by atoms with Gasteiger partial charge in [-0.25, -0.2) is 0 Å². The number of benzene rings is 1. The summed E-state index contributed by atoms with van der Waals surface area (Å²) >= 11 is 5.05. The Bertz CT molecular complexity index is 536. The predicted octanol–water partition coefficient (Wildman–Crippen LogP) is 2.21. The van der Waals surface area contributed by atoms with Gasteiger partial charge in [0.05, 0.1) is 0 Å². The number of rotatable bonds is 2. The Morgan fingerprint density at radius 1 is 1.25 bits per heavy atom. The molecule has 0 amide bonds. The highest BCUT2D eigenvalue weighted by atomic mass is 32.1. The molecule has 1 N–H and O–H groups in total. The Labute approximate surface area is 99.5 Å². The molecular weight excluding hydrogens is 220 g/mol. The van der Waals surface area contributed by atoms with Gasteiger partial charge < -0.3 is 4.90 Å². The Morgan fingerprint density at radius 2 is 1.88 bits per heavy atom.